The third kappa shape index (κ3) is 2.87. The lowest BCUT2D eigenvalue weighted by molar-refractivity contribution is -0.139. The Balaban J connectivity index is 1.56. The molecule has 1 amide bonds. The Kier molecular flexibility index (Phi) is 3.73. The third-order valence-electron chi connectivity index (χ3n) is 4.03. The number of hydrogen-bond acceptors (Lipinski definition) is 4. The maximum absolute atomic E-state index is 12.4. The number of nitrogens with zero attached hydrogens (tertiary/aromatic N) is 2. The van der Waals surface area contributed by atoms with Gasteiger partial charge in [0.05, 0.1) is 0 Å². The number of aromatic nitrogens is 3. The first-order valence-electron chi connectivity index (χ1n) is 7.62. The number of hydrogen-bond donors (Lipinski definition) is 3. The van der Waals surface area contributed by atoms with E-state index in [0.717, 1.165) is 16.5 Å². The van der Waals surface area contributed by atoms with E-state index >= 15 is 0 Å². The molecule has 3 aromatic heterocycles. The van der Waals surface area contributed by atoms with Crippen LogP contribution in [0.5, 0.6) is 0 Å². The van der Waals surface area contributed by atoms with Gasteiger partial charge in [-0.05, 0) is 11.6 Å². The van der Waals surface area contributed by atoms with Gasteiger partial charge in [-0.25, -0.2) is 9.78 Å². The fraction of sp³-hybridized carbons (Fsp3) is 0.118. The Bertz CT molecular complexity index is 1050. The molecular weight excluding hydrogens is 340 g/mol. The van der Waals surface area contributed by atoms with E-state index in [1.807, 2.05) is 29.6 Å². The van der Waals surface area contributed by atoms with E-state index in [1.54, 1.807) is 23.0 Å². The second-order valence-electron chi connectivity index (χ2n) is 5.65. The highest BCUT2D eigenvalue weighted by Crippen LogP contribution is 2.19. The van der Waals surface area contributed by atoms with E-state index in [-0.39, 0.29) is 12.1 Å². The van der Waals surface area contributed by atoms with Gasteiger partial charge in [-0.3, -0.25) is 9.20 Å². The van der Waals surface area contributed by atoms with Gasteiger partial charge in [0.15, 0.2) is 4.96 Å². The number of carbonyl (C=O) groups excluding carboxylic acids is 1. The van der Waals surface area contributed by atoms with Crippen molar-refractivity contribution in [3.05, 3.63) is 59.5 Å². The van der Waals surface area contributed by atoms with E-state index < -0.39 is 17.9 Å². The van der Waals surface area contributed by atoms with Gasteiger partial charge in [-0.2, -0.15) is 0 Å². The zero-order chi connectivity index (χ0) is 17.4. The predicted octanol–water partition coefficient (Wildman–Crippen LogP) is 2.30. The second kappa shape index (κ2) is 6.06. The molecule has 0 radical (unpaired) electrons. The second-order valence-corrected chi connectivity index (χ2v) is 6.52. The van der Waals surface area contributed by atoms with Gasteiger partial charge in [0.25, 0.3) is 5.91 Å². The van der Waals surface area contributed by atoms with Crippen LogP contribution in [0.4, 0.5) is 0 Å². The van der Waals surface area contributed by atoms with Crippen molar-refractivity contribution < 1.29 is 14.7 Å². The summed E-state index contributed by atoms with van der Waals surface area (Å²) in [6.07, 6.45) is 5.35. The predicted molar refractivity (Wildman–Crippen MR) is 94.0 cm³/mol. The highest BCUT2D eigenvalue weighted by atomic mass is 32.1. The van der Waals surface area contributed by atoms with Crippen molar-refractivity contribution in [1.29, 1.82) is 0 Å². The van der Waals surface area contributed by atoms with Crippen LogP contribution < -0.4 is 5.32 Å². The van der Waals surface area contributed by atoms with Crippen molar-refractivity contribution in [2.45, 2.75) is 12.5 Å². The van der Waals surface area contributed by atoms with Crippen molar-refractivity contribution in [3.8, 4) is 0 Å². The number of fused-ring (bicyclic) bond motifs is 2. The number of amides is 1. The SMILES string of the molecule is O=C(N[C@H](Cc1c[nH]c2ccccc12)C(=O)O)c1cn2ccsc2n1. The van der Waals surface area contributed by atoms with Gasteiger partial charge in [-0.15, -0.1) is 11.3 Å². The van der Waals surface area contributed by atoms with E-state index in [0.29, 0.717) is 4.96 Å². The van der Waals surface area contributed by atoms with Crippen LogP contribution in [0.2, 0.25) is 0 Å². The van der Waals surface area contributed by atoms with E-state index in [1.165, 1.54) is 11.3 Å². The Morgan fingerprint density at radius 3 is 3.00 bits per heavy atom. The summed E-state index contributed by atoms with van der Waals surface area (Å²) in [4.78, 5) is 32.0. The molecule has 3 heterocycles. The van der Waals surface area contributed by atoms with Crippen LogP contribution in [-0.4, -0.2) is 37.4 Å². The Labute approximate surface area is 145 Å². The standard InChI is InChI=1S/C17H14N4O3S/c22-15(14-9-21-5-6-25-17(21)20-14)19-13(16(23)24)7-10-8-18-12-4-2-1-3-11(10)12/h1-6,8-9,13,18H,7H2,(H,19,22)(H,23,24)/t13-/m1/s1. The molecule has 0 unspecified atom stereocenters. The molecular formula is C17H14N4O3S. The van der Waals surface area contributed by atoms with E-state index in [9.17, 15) is 14.7 Å². The molecule has 3 N–H and O–H groups in total. The number of carbonyl (C=O) groups is 2. The Morgan fingerprint density at radius 2 is 2.20 bits per heavy atom. The number of para-hydroxylation sites is 1. The van der Waals surface area contributed by atoms with Crippen LogP contribution in [0.25, 0.3) is 15.9 Å². The summed E-state index contributed by atoms with van der Waals surface area (Å²) in [5, 5.41) is 14.9. The number of H-pyrrole nitrogens is 1. The number of rotatable bonds is 5. The van der Waals surface area contributed by atoms with Crippen LogP contribution in [0.15, 0.2) is 48.2 Å². The summed E-state index contributed by atoms with van der Waals surface area (Å²) >= 11 is 1.41. The molecule has 25 heavy (non-hydrogen) atoms. The summed E-state index contributed by atoms with van der Waals surface area (Å²) < 4.78 is 1.73. The van der Waals surface area contributed by atoms with Crippen molar-refractivity contribution in [3.63, 3.8) is 0 Å². The highest BCUT2D eigenvalue weighted by molar-refractivity contribution is 7.15. The number of aromatic amines is 1. The van der Waals surface area contributed by atoms with Gasteiger partial charge in [0, 0.05) is 41.3 Å². The van der Waals surface area contributed by atoms with Gasteiger partial charge >= 0.3 is 5.97 Å². The molecule has 4 aromatic rings. The van der Waals surface area contributed by atoms with Crippen molar-refractivity contribution in [2.24, 2.45) is 0 Å². The zero-order valence-corrected chi connectivity index (χ0v) is 13.8. The minimum atomic E-state index is -1.08. The molecule has 0 bridgehead atoms. The van der Waals surface area contributed by atoms with Gasteiger partial charge in [0.2, 0.25) is 0 Å². The van der Waals surface area contributed by atoms with Crippen LogP contribution in [0.1, 0.15) is 16.1 Å². The first kappa shape index (κ1) is 15.4. The lowest BCUT2D eigenvalue weighted by atomic mass is 10.0. The summed E-state index contributed by atoms with van der Waals surface area (Å²) in [5.74, 6) is -1.58. The normalized spacial score (nSPS) is 12.5. The van der Waals surface area contributed by atoms with Gasteiger partial charge < -0.3 is 15.4 Å². The molecule has 0 saturated heterocycles. The first-order valence-corrected chi connectivity index (χ1v) is 8.50. The highest BCUT2D eigenvalue weighted by Gasteiger charge is 2.23. The molecule has 0 aliphatic carbocycles. The zero-order valence-electron chi connectivity index (χ0n) is 13.0. The van der Waals surface area contributed by atoms with Crippen LogP contribution in [0.3, 0.4) is 0 Å². The molecule has 0 spiro atoms. The summed E-state index contributed by atoms with van der Waals surface area (Å²) in [6, 6.07) is 6.61. The van der Waals surface area contributed by atoms with E-state index in [2.05, 4.69) is 15.3 Å². The van der Waals surface area contributed by atoms with E-state index in [4.69, 9.17) is 0 Å². The Hall–Kier alpha value is -3.13. The van der Waals surface area contributed by atoms with Gasteiger partial charge in [0.1, 0.15) is 11.7 Å². The average molecular weight is 354 g/mol. The molecule has 0 saturated carbocycles. The lowest BCUT2D eigenvalue weighted by Crippen LogP contribution is -2.42. The molecule has 0 aliphatic rings. The smallest absolute Gasteiger partial charge is 0.326 e. The molecule has 0 fully saturated rings. The van der Waals surface area contributed by atoms with Crippen LogP contribution in [-0.2, 0) is 11.2 Å². The topological polar surface area (TPSA) is 99.5 Å². The largest absolute Gasteiger partial charge is 0.480 e. The maximum Gasteiger partial charge on any atom is 0.326 e. The molecule has 1 atom stereocenters. The molecule has 4 rings (SSSR count). The first-order chi connectivity index (χ1) is 12.1. The summed E-state index contributed by atoms with van der Waals surface area (Å²) in [7, 11) is 0. The minimum Gasteiger partial charge on any atom is -0.480 e. The molecule has 8 heteroatoms. The molecule has 7 nitrogen and oxygen atoms in total. The van der Waals surface area contributed by atoms with Crippen molar-refractivity contribution in [2.75, 3.05) is 0 Å². The van der Waals surface area contributed by atoms with Crippen LogP contribution in [0, 0.1) is 0 Å². The molecule has 0 aliphatic heterocycles. The van der Waals surface area contributed by atoms with Crippen LogP contribution >= 0.6 is 11.3 Å². The minimum absolute atomic E-state index is 0.188. The maximum atomic E-state index is 12.4. The third-order valence-corrected chi connectivity index (χ3v) is 4.80. The lowest BCUT2D eigenvalue weighted by Gasteiger charge is -2.13. The number of carboxylic acid groups (broad SMARTS) is 1. The fourth-order valence-electron chi connectivity index (χ4n) is 2.79. The fourth-order valence-corrected chi connectivity index (χ4v) is 3.49. The quantitative estimate of drug-likeness (QED) is 0.512. The summed E-state index contributed by atoms with van der Waals surface area (Å²) in [5.41, 5.74) is 1.98. The monoisotopic (exact) mass is 354 g/mol. The Morgan fingerprint density at radius 1 is 1.36 bits per heavy atom. The van der Waals surface area contributed by atoms with Gasteiger partial charge in [-0.1, -0.05) is 18.2 Å². The molecule has 1 aromatic carbocycles. The average Bonchev–Trinajstić information content (AvgIpc) is 3.28. The van der Waals surface area contributed by atoms with Crippen molar-refractivity contribution in [1.82, 2.24) is 19.7 Å². The number of nitrogens with one attached hydrogen (secondary N) is 2. The number of benzene rings is 1. The number of imidazole rings is 1. The number of carboxylic acids is 1. The number of thiazole rings is 1. The summed E-state index contributed by atoms with van der Waals surface area (Å²) in [6.45, 7) is 0. The molecule has 126 valence electrons. The van der Waals surface area contributed by atoms with Crippen molar-refractivity contribution >= 4 is 39.1 Å². The number of aliphatic carboxylic acids is 1.